The predicted octanol–water partition coefficient (Wildman–Crippen LogP) is 4.02. The van der Waals surface area contributed by atoms with Crippen LogP contribution >= 0.6 is 11.3 Å². The first-order valence-corrected chi connectivity index (χ1v) is 13.1. The van der Waals surface area contributed by atoms with E-state index in [-0.39, 0.29) is 23.3 Å². The highest BCUT2D eigenvalue weighted by Gasteiger charge is 2.26. The Hall–Kier alpha value is -2.29. The third-order valence-corrected chi connectivity index (χ3v) is 7.67. The number of rotatable bonds is 7. The lowest BCUT2D eigenvalue weighted by Gasteiger charge is -2.23. The second-order valence-electron chi connectivity index (χ2n) is 7.88. The van der Waals surface area contributed by atoms with Crippen LogP contribution in [0, 0.1) is 0 Å². The summed E-state index contributed by atoms with van der Waals surface area (Å²) in [6.07, 6.45) is 4.23. The summed E-state index contributed by atoms with van der Waals surface area (Å²) in [6.45, 7) is 3.31. The zero-order chi connectivity index (χ0) is 22.0. The summed E-state index contributed by atoms with van der Waals surface area (Å²) in [5.41, 5.74) is 2.90. The number of hydrogen-bond donors (Lipinski definition) is 0. The van der Waals surface area contributed by atoms with Crippen LogP contribution < -0.4 is 4.90 Å². The van der Waals surface area contributed by atoms with Crippen LogP contribution in [0.3, 0.4) is 0 Å². The van der Waals surface area contributed by atoms with E-state index in [2.05, 4.69) is 19.1 Å². The molecule has 0 aliphatic carbocycles. The van der Waals surface area contributed by atoms with E-state index in [0.717, 1.165) is 41.6 Å². The van der Waals surface area contributed by atoms with E-state index in [1.165, 1.54) is 23.2 Å². The standard InChI is InChI=1S/C23H26N2O4S2/c1-3-16-8-11-20-21(13-16)30-23(24-20)25(15-18-5-4-12-29-18)22(26)14-17-6-9-19(10-7-17)31(2,27)28/h6-11,13,18H,3-5,12,14-15H2,1-2H3. The third-order valence-electron chi connectivity index (χ3n) is 5.50. The van der Waals surface area contributed by atoms with Gasteiger partial charge < -0.3 is 4.74 Å². The molecule has 1 aromatic heterocycles. The van der Waals surface area contributed by atoms with Crippen molar-refractivity contribution in [2.75, 3.05) is 24.3 Å². The van der Waals surface area contributed by atoms with E-state index in [1.54, 1.807) is 29.2 Å². The van der Waals surface area contributed by atoms with Gasteiger partial charge >= 0.3 is 0 Å². The number of aromatic nitrogens is 1. The molecule has 164 valence electrons. The molecule has 1 atom stereocenters. The smallest absolute Gasteiger partial charge is 0.233 e. The molecule has 1 saturated heterocycles. The Bertz CT molecular complexity index is 1180. The number of sulfone groups is 1. The molecule has 1 aliphatic heterocycles. The van der Waals surface area contributed by atoms with E-state index < -0.39 is 9.84 Å². The van der Waals surface area contributed by atoms with Crippen molar-refractivity contribution in [1.29, 1.82) is 0 Å². The highest BCUT2D eigenvalue weighted by Crippen LogP contribution is 2.31. The van der Waals surface area contributed by atoms with E-state index in [1.807, 2.05) is 6.07 Å². The molecular weight excluding hydrogens is 432 g/mol. The van der Waals surface area contributed by atoms with Gasteiger partial charge in [-0.25, -0.2) is 13.4 Å². The van der Waals surface area contributed by atoms with Gasteiger partial charge in [-0.2, -0.15) is 0 Å². The predicted molar refractivity (Wildman–Crippen MR) is 124 cm³/mol. The maximum atomic E-state index is 13.3. The summed E-state index contributed by atoms with van der Waals surface area (Å²) in [4.78, 5) is 20.0. The Morgan fingerprint density at radius 1 is 1.19 bits per heavy atom. The third kappa shape index (κ3) is 5.14. The topological polar surface area (TPSA) is 76.6 Å². The number of ether oxygens (including phenoxy) is 1. The Morgan fingerprint density at radius 2 is 1.94 bits per heavy atom. The van der Waals surface area contributed by atoms with Gasteiger partial charge in [-0.1, -0.05) is 36.5 Å². The monoisotopic (exact) mass is 458 g/mol. The van der Waals surface area contributed by atoms with E-state index in [0.29, 0.717) is 11.7 Å². The Kier molecular flexibility index (Phi) is 6.41. The molecule has 4 rings (SSSR count). The van der Waals surface area contributed by atoms with Gasteiger partial charge in [0.1, 0.15) is 0 Å². The zero-order valence-corrected chi connectivity index (χ0v) is 19.3. The van der Waals surface area contributed by atoms with Crippen LogP contribution in [0.4, 0.5) is 5.13 Å². The molecule has 6 nitrogen and oxygen atoms in total. The number of hydrogen-bond acceptors (Lipinski definition) is 6. The summed E-state index contributed by atoms with van der Waals surface area (Å²) < 4.78 is 30.2. The average molecular weight is 459 g/mol. The van der Waals surface area contributed by atoms with Crippen molar-refractivity contribution >= 4 is 42.4 Å². The largest absolute Gasteiger partial charge is 0.376 e. The number of aryl methyl sites for hydroxylation is 1. The van der Waals surface area contributed by atoms with Crippen molar-refractivity contribution in [1.82, 2.24) is 4.98 Å². The Labute approximate surface area is 186 Å². The molecule has 1 aliphatic rings. The van der Waals surface area contributed by atoms with Gasteiger partial charge in [0, 0.05) is 12.9 Å². The fraction of sp³-hybridized carbons (Fsp3) is 0.391. The molecule has 3 aromatic rings. The highest BCUT2D eigenvalue weighted by molar-refractivity contribution is 7.90. The fourth-order valence-corrected chi connectivity index (χ4v) is 5.38. The first-order valence-electron chi connectivity index (χ1n) is 10.4. The molecule has 8 heteroatoms. The van der Waals surface area contributed by atoms with Crippen LogP contribution in [0.2, 0.25) is 0 Å². The number of nitrogens with zero attached hydrogens (tertiary/aromatic N) is 2. The van der Waals surface area contributed by atoms with Crippen LogP contribution in [0.5, 0.6) is 0 Å². The van der Waals surface area contributed by atoms with Crippen molar-refractivity contribution in [3.63, 3.8) is 0 Å². The lowest BCUT2D eigenvalue weighted by Crippen LogP contribution is -2.38. The summed E-state index contributed by atoms with van der Waals surface area (Å²) in [5.74, 6) is -0.0719. The maximum Gasteiger partial charge on any atom is 0.233 e. The molecule has 0 saturated carbocycles. The molecular formula is C23H26N2O4S2. The maximum absolute atomic E-state index is 13.3. The number of anilines is 1. The quantitative estimate of drug-likeness (QED) is 0.535. The van der Waals surface area contributed by atoms with Crippen molar-refractivity contribution in [2.45, 2.75) is 43.6 Å². The molecule has 31 heavy (non-hydrogen) atoms. The summed E-state index contributed by atoms with van der Waals surface area (Å²) in [7, 11) is -3.26. The van der Waals surface area contributed by atoms with Crippen LogP contribution in [0.1, 0.15) is 30.9 Å². The lowest BCUT2D eigenvalue weighted by molar-refractivity contribution is -0.118. The minimum absolute atomic E-state index is 0.00905. The minimum atomic E-state index is -3.26. The number of fused-ring (bicyclic) bond motifs is 1. The number of thiazole rings is 1. The first kappa shape index (κ1) is 21.9. The first-order chi connectivity index (χ1) is 14.8. The van der Waals surface area contributed by atoms with Gasteiger partial charge in [0.2, 0.25) is 5.91 Å². The number of benzene rings is 2. The highest BCUT2D eigenvalue weighted by atomic mass is 32.2. The van der Waals surface area contributed by atoms with E-state index in [9.17, 15) is 13.2 Å². The Balaban J connectivity index is 1.60. The number of carbonyl (C=O) groups excluding carboxylic acids is 1. The molecule has 1 amide bonds. The number of carbonyl (C=O) groups is 1. The summed E-state index contributed by atoms with van der Waals surface area (Å²) in [5, 5.41) is 0.677. The van der Waals surface area contributed by atoms with E-state index >= 15 is 0 Å². The molecule has 0 radical (unpaired) electrons. The molecule has 2 heterocycles. The fourth-order valence-electron chi connectivity index (χ4n) is 3.70. The molecule has 1 unspecified atom stereocenters. The second-order valence-corrected chi connectivity index (χ2v) is 10.9. The SMILES string of the molecule is CCc1ccc2nc(N(CC3CCCO3)C(=O)Cc3ccc(S(C)(=O)=O)cc3)sc2c1. The average Bonchev–Trinajstić information content (AvgIpc) is 3.40. The van der Waals surface area contributed by atoms with Gasteiger partial charge in [-0.3, -0.25) is 9.69 Å². The number of amides is 1. The summed E-state index contributed by atoms with van der Waals surface area (Å²) in [6, 6.07) is 12.7. The van der Waals surface area contributed by atoms with Crippen molar-refractivity contribution in [3.05, 3.63) is 53.6 Å². The van der Waals surface area contributed by atoms with Crippen molar-refractivity contribution < 1.29 is 17.9 Å². The lowest BCUT2D eigenvalue weighted by atomic mass is 10.1. The molecule has 0 bridgehead atoms. The second kappa shape index (κ2) is 9.06. The van der Waals surface area contributed by atoms with Gasteiger partial charge in [0.05, 0.1) is 34.2 Å². The normalized spacial score (nSPS) is 16.6. The molecule has 0 N–H and O–H groups in total. The summed E-state index contributed by atoms with van der Waals surface area (Å²) >= 11 is 1.52. The van der Waals surface area contributed by atoms with Gasteiger partial charge in [0.15, 0.2) is 15.0 Å². The minimum Gasteiger partial charge on any atom is -0.376 e. The van der Waals surface area contributed by atoms with Gasteiger partial charge in [-0.15, -0.1) is 0 Å². The van der Waals surface area contributed by atoms with E-state index in [4.69, 9.17) is 9.72 Å². The van der Waals surface area contributed by atoms with Crippen LogP contribution in [0.25, 0.3) is 10.2 Å². The van der Waals surface area contributed by atoms with Crippen LogP contribution in [-0.2, 0) is 32.2 Å². The zero-order valence-electron chi connectivity index (χ0n) is 17.7. The van der Waals surface area contributed by atoms with Crippen LogP contribution in [-0.4, -0.2) is 44.8 Å². The van der Waals surface area contributed by atoms with Crippen molar-refractivity contribution in [3.8, 4) is 0 Å². The van der Waals surface area contributed by atoms with Crippen LogP contribution in [0.15, 0.2) is 47.4 Å². The van der Waals surface area contributed by atoms with Gasteiger partial charge in [-0.05, 0) is 54.7 Å². The van der Waals surface area contributed by atoms with Crippen molar-refractivity contribution in [2.24, 2.45) is 0 Å². The molecule has 0 spiro atoms. The van der Waals surface area contributed by atoms with Gasteiger partial charge in [0.25, 0.3) is 0 Å². The molecule has 2 aromatic carbocycles. The molecule has 1 fully saturated rings. The Morgan fingerprint density at radius 3 is 2.58 bits per heavy atom.